The SMILES string of the molecule is CC(C)OC(=O)N1c2ccc(C(F)(F)F)cc2[C@H](N(Cc2cc(C(F)(F)F)cc(C(F)(F)F)c2)c2nnn(CCCN)n2)C[C@@H]1C. The lowest BCUT2D eigenvalue weighted by Crippen LogP contribution is -2.47. The zero-order valence-corrected chi connectivity index (χ0v) is 24.7. The molecule has 4 rings (SSSR count). The number of alkyl halides is 9. The Morgan fingerprint density at radius 2 is 1.59 bits per heavy atom. The summed E-state index contributed by atoms with van der Waals surface area (Å²) in [5.74, 6) is -0.276. The average Bonchev–Trinajstić information content (AvgIpc) is 3.40. The predicted molar refractivity (Wildman–Crippen MR) is 146 cm³/mol. The molecule has 0 bridgehead atoms. The van der Waals surface area contributed by atoms with Gasteiger partial charge in [0.2, 0.25) is 0 Å². The highest BCUT2D eigenvalue weighted by Gasteiger charge is 2.42. The second-order valence-corrected chi connectivity index (χ2v) is 11.0. The number of anilines is 2. The molecule has 1 aromatic heterocycles. The van der Waals surface area contributed by atoms with Gasteiger partial charge in [-0.2, -0.15) is 44.3 Å². The average molecular weight is 668 g/mol. The number of amides is 1. The molecule has 18 heteroatoms. The van der Waals surface area contributed by atoms with Gasteiger partial charge >= 0.3 is 24.6 Å². The van der Waals surface area contributed by atoms with E-state index in [9.17, 15) is 44.3 Å². The lowest BCUT2D eigenvalue weighted by Gasteiger charge is -2.43. The number of nitrogens with two attached hydrogens (primary N) is 1. The molecule has 2 N–H and O–H groups in total. The Hall–Kier alpha value is -4.09. The molecule has 3 aromatic rings. The number of aromatic nitrogens is 4. The summed E-state index contributed by atoms with van der Waals surface area (Å²) in [5.41, 5.74) is 0.717. The zero-order valence-electron chi connectivity index (χ0n) is 24.7. The molecule has 0 aliphatic carbocycles. The van der Waals surface area contributed by atoms with E-state index < -0.39 is 71.6 Å². The Morgan fingerprint density at radius 1 is 0.978 bits per heavy atom. The van der Waals surface area contributed by atoms with Gasteiger partial charge in [0.15, 0.2) is 0 Å². The quantitative estimate of drug-likeness (QED) is 0.259. The highest BCUT2D eigenvalue weighted by Crippen LogP contribution is 2.45. The van der Waals surface area contributed by atoms with Crippen LogP contribution >= 0.6 is 0 Å². The summed E-state index contributed by atoms with van der Waals surface area (Å²) >= 11 is 0. The predicted octanol–water partition coefficient (Wildman–Crippen LogP) is 6.97. The number of carbonyl (C=O) groups excluding carboxylic acids is 1. The summed E-state index contributed by atoms with van der Waals surface area (Å²) in [6, 6.07) is 1.69. The maximum atomic E-state index is 13.9. The van der Waals surface area contributed by atoms with Gasteiger partial charge in [0.05, 0.1) is 41.1 Å². The number of halogens is 9. The van der Waals surface area contributed by atoms with Gasteiger partial charge in [0.25, 0.3) is 5.95 Å². The first-order chi connectivity index (χ1) is 21.3. The summed E-state index contributed by atoms with van der Waals surface area (Å²) in [6.45, 7) is 4.43. The Balaban J connectivity index is 1.92. The van der Waals surface area contributed by atoms with Crippen molar-refractivity contribution in [1.82, 2.24) is 20.2 Å². The van der Waals surface area contributed by atoms with E-state index in [4.69, 9.17) is 10.5 Å². The number of tetrazole rings is 1. The Labute approximate surface area is 257 Å². The van der Waals surface area contributed by atoms with Crippen molar-refractivity contribution >= 4 is 17.7 Å². The molecule has 0 fully saturated rings. The van der Waals surface area contributed by atoms with Crippen LogP contribution in [0.3, 0.4) is 0 Å². The monoisotopic (exact) mass is 667 g/mol. The van der Waals surface area contributed by atoms with E-state index in [1.54, 1.807) is 20.8 Å². The van der Waals surface area contributed by atoms with Crippen LogP contribution in [0, 0.1) is 0 Å². The van der Waals surface area contributed by atoms with Crippen molar-refractivity contribution < 1.29 is 49.0 Å². The highest BCUT2D eigenvalue weighted by molar-refractivity contribution is 5.90. The third-order valence-corrected chi connectivity index (χ3v) is 7.15. The van der Waals surface area contributed by atoms with Gasteiger partial charge in [-0.15, -0.1) is 5.10 Å². The number of hydrogen-bond acceptors (Lipinski definition) is 7. The number of hydrogen-bond donors (Lipinski definition) is 1. The summed E-state index contributed by atoms with van der Waals surface area (Å²) < 4.78 is 129. The number of nitrogens with zero attached hydrogens (tertiary/aromatic N) is 6. The molecule has 1 aliphatic heterocycles. The summed E-state index contributed by atoms with van der Waals surface area (Å²) in [7, 11) is 0. The van der Waals surface area contributed by atoms with E-state index in [1.807, 2.05) is 0 Å². The van der Waals surface area contributed by atoms with Crippen LogP contribution in [0.5, 0.6) is 0 Å². The van der Waals surface area contributed by atoms with E-state index in [1.165, 1.54) is 4.90 Å². The van der Waals surface area contributed by atoms with Gasteiger partial charge in [0, 0.05) is 12.6 Å². The molecule has 0 saturated carbocycles. The normalized spacial score (nSPS) is 17.3. The van der Waals surface area contributed by atoms with Crippen LogP contribution in [0.1, 0.15) is 67.5 Å². The highest BCUT2D eigenvalue weighted by atomic mass is 19.4. The Kier molecular flexibility index (Phi) is 9.80. The second-order valence-electron chi connectivity index (χ2n) is 11.0. The minimum atomic E-state index is -5.14. The van der Waals surface area contributed by atoms with Crippen LogP contribution in [-0.2, 0) is 36.4 Å². The van der Waals surface area contributed by atoms with Gasteiger partial charge < -0.3 is 15.4 Å². The van der Waals surface area contributed by atoms with Crippen LogP contribution in [0.15, 0.2) is 36.4 Å². The molecule has 2 aromatic carbocycles. The number of benzene rings is 2. The Morgan fingerprint density at radius 3 is 2.13 bits per heavy atom. The molecule has 252 valence electrons. The van der Waals surface area contributed by atoms with Crippen molar-refractivity contribution in [2.24, 2.45) is 5.73 Å². The van der Waals surface area contributed by atoms with E-state index in [0.717, 1.165) is 27.9 Å². The third-order valence-electron chi connectivity index (χ3n) is 7.15. The summed E-state index contributed by atoms with van der Waals surface area (Å²) in [4.78, 5) is 16.5. The lowest BCUT2D eigenvalue weighted by molar-refractivity contribution is -0.143. The van der Waals surface area contributed by atoms with Crippen LogP contribution in [0.25, 0.3) is 0 Å². The molecule has 2 atom stereocenters. The number of fused-ring (bicyclic) bond motifs is 1. The molecule has 9 nitrogen and oxygen atoms in total. The fourth-order valence-corrected chi connectivity index (χ4v) is 5.15. The van der Waals surface area contributed by atoms with Crippen LogP contribution in [-0.4, -0.2) is 45.0 Å². The molecule has 0 saturated heterocycles. The van der Waals surface area contributed by atoms with E-state index >= 15 is 0 Å². The van der Waals surface area contributed by atoms with E-state index in [0.29, 0.717) is 18.6 Å². The molecule has 46 heavy (non-hydrogen) atoms. The minimum Gasteiger partial charge on any atom is -0.446 e. The first-order valence-electron chi connectivity index (χ1n) is 14.0. The van der Waals surface area contributed by atoms with Gasteiger partial charge in [-0.1, -0.05) is 5.10 Å². The first kappa shape index (κ1) is 34.8. The van der Waals surface area contributed by atoms with Crippen LogP contribution in [0.2, 0.25) is 0 Å². The standard InChI is InChI=1S/C28H30F9N7O2/c1-15(2)46-25(45)44-16(3)9-23(21-13-18(26(29,30)31)5-6-22(21)44)42(24-39-41-43(40-24)8-4-7-38)14-17-10-19(27(32,33)34)12-20(11-17)28(35,36)37/h5-6,10-13,15-16,23H,4,7-9,14,38H2,1-3H3/t16-,23+/m0/s1. The third kappa shape index (κ3) is 7.82. The van der Waals surface area contributed by atoms with E-state index in [2.05, 4.69) is 15.4 Å². The van der Waals surface area contributed by atoms with Crippen molar-refractivity contribution in [3.05, 3.63) is 64.2 Å². The minimum absolute atomic E-state index is 0.00273. The fourth-order valence-electron chi connectivity index (χ4n) is 5.15. The van der Waals surface area contributed by atoms with Crippen molar-refractivity contribution in [2.45, 2.75) is 83.4 Å². The van der Waals surface area contributed by atoms with Crippen molar-refractivity contribution in [1.29, 1.82) is 0 Å². The van der Waals surface area contributed by atoms with Crippen molar-refractivity contribution in [3.8, 4) is 0 Å². The smallest absolute Gasteiger partial charge is 0.416 e. The molecular weight excluding hydrogens is 637 g/mol. The number of ether oxygens (including phenoxy) is 1. The Bertz CT molecular complexity index is 1500. The molecular formula is C28H30F9N7O2. The second kappa shape index (κ2) is 13.0. The molecule has 0 spiro atoms. The molecule has 0 radical (unpaired) electrons. The van der Waals surface area contributed by atoms with Crippen molar-refractivity contribution in [3.63, 3.8) is 0 Å². The number of carbonyl (C=O) groups is 1. The van der Waals surface area contributed by atoms with Crippen LogP contribution < -0.4 is 15.5 Å². The number of rotatable bonds is 8. The zero-order chi connectivity index (χ0) is 34.2. The maximum absolute atomic E-state index is 13.9. The lowest BCUT2D eigenvalue weighted by atomic mass is 9.89. The van der Waals surface area contributed by atoms with Crippen molar-refractivity contribution in [2.75, 3.05) is 16.3 Å². The van der Waals surface area contributed by atoms with Gasteiger partial charge in [0.1, 0.15) is 0 Å². The summed E-state index contributed by atoms with van der Waals surface area (Å²) in [6.07, 6.45) is -16.3. The maximum Gasteiger partial charge on any atom is 0.416 e. The van der Waals surface area contributed by atoms with Gasteiger partial charge in [-0.3, -0.25) is 4.90 Å². The largest absolute Gasteiger partial charge is 0.446 e. The van der Waals surface area contributed by atoms with Crippen LogP contribution in [0.4, 0.5) is 55.9 Å². The molecule has 1 amide bonds. The summed E-state index contributed by atoms with van der Waals surface area (Å²) in [5, 5.41) is 12.0. The topological polar surface area (TPSA) is 102 Å². The molecule has 1 aliphatic rings. The number of aryl methyl sites for hydroxylation is 1. The first-order valence-corrected chi connectivity index (χ1v) is 14.0. The van der Waals surface area contributed by atoms with Gasteiger partial charge in [-0.25, -0.2) is 4.79 Å². The molecule has 2 heterocycles. The molecule has 0 unspecified atom stereocenters. The van der Waals surface area contributed by atoms with E-state index in [-0.39, 0.29) is 42.8 Å². The fraction of sp³-hybridized carbons (Fsp3) is 0.500. The van der Waals surface area contributed by atoms with Gasteiger partial charge in [-0.05, 0) is 92.9 Å².